The van der Waals surface area contributed by atoms with E-state index in [1.165, 1.54) is 0 Å². The van der Waals surface area contributed by atoms with E-state index >= 15 is 0 Å². The van der Waals surface area contributed by atoms with Crippen LogP contribution in [0.1, 0.15) is 31.7 Å². The van der Waals surface area contributed by atoms with E-state index in [2.05, 4.69) is 12.2 Å². The second-order valence-corrected chi connectivity index (χ2v) is 5.50. The number of amides is 1. The SMILES string of the molecule is CCCNC1CCCN(c2cc(C)ccc2Cl)C1=O. The van der Waals surface area contributed by atoms with E-state index in [0.717, 1.165) is 43.6 Å². The number of benzene rings is 1. The number of carbonyl (C=O) groups is 1. The van der Waals surface area contributed by atoms with E-state index in [4.69, 9.17) is 11.6 Å². The summed E-state index contributed by atoms with van der Waals surface area (Å²) in [6.07, 6.45) is 2.96. The lowest BCUT2D eigenvalue weighted by atomic mass is 10.0. The highest BCUT2D eigenvalue weighted by Crippen LogP contribution is 2.29. The van der Waals surface area contributed by atoms with Gasteiger partial charge in [0.15, 0.2) is 0 Å². The van der Waals surface area contributed by atoms with Gasteiger partial charge in [-0.05, 0) is 50.4 Å². The normalized spacial score (nSPS) is 19.8. The molecule has 1 unspecified atom stereocenters. The van der Waals surface area contributed by atoms with Crippen molar-refractivity contribution in [3.8, 4) is 0 Å². The minimum Gasteiger partial charge on any atom is -0.310 e. The van der Waals surface area contributed by atoms with Crippen LogP contribution in [0.3, 0.4) is 0 Å². The Kier molecular flexibility index (Phi) is 4.83. The number of nitrogens with one attached hydrogen (secondary N) is 1. The van der Waals surface area contributed by atoms with Gasteiger partial charge < -0.3 is 10.2 Å². The average Bonchev–Trinajstić information content (AvgIpc) is 2.41. The highest BCUT2D eigenvalue weighted by atomic mass is 35.5. The van der Waals surface area contributed by atoms with Crippen LogP contribution < -0.4 is 10.2 Å². The van der Waals surface area contributed by atoms with Gasteiger partial charge >= 0.3 is 0 Å². The van der Waals surface area contributed by atoms with E-state index in [1.807, 2.05) is 30.0 Å². The number of nitrogens with zero attached hydrogens (tertiary/aromatic N) is 1. The molecule has 1 aromatic carbocycles. The quantitative estimate of drug-likeness (QED) is 0.919. The van der Waals surface area contributed by atoms with Crippen molar-refractivity contribution in [3.05, 3.63) is 28.8 Å². The van der Waals surface area contributed by atoms with Gasteiger partial charge in [0.2, 0.25) is 5.91 Å². The molecule has 19 heavy (non-hydrogen) atoms. The van der Waals surface area contributed by atoms with Gasteiger partial charge in [0.1, 0.15) is 0 Å². The topological polar surface area (TPSA) is 32.3 Å². The van der Waals surface area contributed by atoms with E-state index in [1.54, 1.807) is 0 Å². The summed E-state index contributed by atoms with van der Waals surface area (Å²) in [7, 11) is 0. The molecule has 0 aliphatic carbocycles. The number of piperidine rings is 1. The van der Waals surface area contributed by atoms with Crippen LogP contribution in [-0.4, -0.2) is 25.0 Å². The molecule has 1 aromatic rings. The molecule has 1 heterocycles. The van der Waals surface area contributed by atoms with E-state index in [9.17, 15) is 4.79 Å². The van der Waals surface area contributed by atoms with Crippen LogP contribution in [0.15, 0.2) is 18.2 Å². The standard InChI is InChI=1S/C15H21ClN2O/c1-3-8-17-13-5-4-9-18(15(13)19)14-10-11(2)6-7-12(14)16/h6-7,10,13,17H,3-5,8-9H2,1-2H3. The first-order valence-corrected chi connectivity index (χ1v) is 7.32. The summed E-state index contributed by atoms with van der Waals surface area (Å²) in [6.45, 7) is 5.76. The predicted octanol–water partition coefficient (Wildman–Crippen LogP) is 3.14. The molecule has 1 fully saturated rings. The number of hydrogen-bond acceptors (Lipinski definition) is 2. The molecule has 3 nitrogen and oxygen atoms in total. The Morgan fingerprint density at radius 1 is 1.47 bits per heavy atom. The van der Waals surface area contributed by atoms with E-state index in [-0.39, 0.29) is 11.9 Å². The Balaban J connectivity index is 2.19. The third-order valence-corrected chi connectivity index (χ3v) is 3.79. The van der Waals surface area contributed by atoms with Gasteiger partial charge in [0.25, 0.3) is 0 Å². The first-order chi connectivity index (χ1) is 9.13. The molecule has 2 rings (SSSR count). The maximum atomic E-state index is 12.5. The summed E-state index contributed by atoms with van der Waals surface area (Å²) in [4.78, 5) is 14.3. The molecule has 1 amide bonds. The average molecular weight is 281 g/mol. The summed E-state index contributed by atoms with van der Waals surface area (Å²) < 4.78 is 0. The molecule has 1 aliphatic heterocycles. The third kappa shape index (κ3) is 3.28. The van der Waals surface area contributed by atoms with Crippen molar-refractivity contribution in [1.82, 2.24) is 5.32 Å². The lowest BCUT2D eigenvalue weighted by Crippen LogP contribution is -2.51. The lowest BCUT2D eigenvalue weighted by molar-refractivity contribution is -0.121. The maximum Gasteiger partial charge on any atom is 0.244 e. The molecule has 0 radical (unpaired) electrons. The van der Waals surface area contributed by atoms with E-state index in [0.29, 0.717) is 5.02 Å². The zero-order chi connectivity index (χ0) is 13.8. The van der Waals surface area contributed by atoms with Crippen LogP contribution in [0.2, 0.25) is 5.02 Å². The molecule has 1 aliphatic rings. The fourth-order valence-electron chi connectivity index (χ4n) is 2.45. The van der Waals surface area contributed by atoms with Crippen molar-refractivity contribution in [2.24, 2.45) is 0 Å². The Morgan fingerprint density at radius 2 is 2.26 bits per heavy atom. The molecule has 4 heteroatoms. The molecule has 0 spiro atoms. The maximum absolute atomic E-state index is 12.5. The molecular weight excluding hydrogens is 260 g/mol. The fourth-order valence-corrected chi connectivity index (χ4v) is 2.67. The predicted molar refractivity (Wildman–Crippen MR) is 79.9 cm³/mol. The molecule has 1 atom stereocenters. The van der Waals surface area contributed by atoms with Gasteiger partial charge in [-0.3, -0.25) is 4.79 Å². The van der Waals surface area contributed by atoms with Gasteiger partial charge in [-0.2, -0.15) is 0 Å². The molecule has 0 aromatic heterocycles. The second-order valence-electron chi connectivity index (χ2n) is 5.09. The molecule has 1 saturated heterocycles. The first-order valence-electron chi connectivity index (χ1n) is 6.94. The molecule has 0 saturated carbocycles. The second kappa shape index (κ2) is 6.40. The number of hydrogen-bond donors (Lipinski definition) is 1. The van der Waals surface area contributed by atoms with Crippen LogP contribution in [-0.2, 0) is 4.79 Å². The Hall–Kier alpha value is -1.06. The van der Waals surface area contributed by atoms with Crippen LogP contribution in [0, 0.1) is 6.92 Å². The Bertz CT molecular complexity index is 461. The van der Waals surface area contributed by atoms with Crippen molar-refractivity contribution in [3.63, 3.8) is 0 Å². The lowest BCUT2D eigenvalue weighted by Gasteiger charge is -2.33. The number of rotatable bonds is 4. The summed E-state index contributed by atoms with van der Waals surface area (Å²) >= 11 is 6.23. The smallest absolute Gasteiger partial charge is 0.244 e. The summed E-state index contributed by atoms with van der Waals surface area (Å²) in [5.41, 5.74) is 1.96. The van der Waals surface area contributed by atoms with Crippen LogP contribution in [0.5, 0.6) is 0 Å². The van der Waals surface area contributed by atoms with Crippen molar-refractivity contribution in [1.29, 1.82) is 0 Å². The Labute approximate surface area is 119 Å². The first kappa shape index (κ1) is 14.4. The minimum atomic E-state index is -0.0646. The van der Waals surface area contributed by atoms with Crippen LogP contribution >= 0.6 is 11.6 Å². The third-order valence-electron chi connectivity index (χ3n) is 3.47. The number of aryl methyl sites for hydroxylation is 1. The molecule has 0 bridgehead atoms. The molecule has 104 valence electrons. The fraction of sp³-hybridized carbons (Fsp3) is 0.533. The Morgan fingerprint density at radius 3 is 3.00 bits per heavy atom. The molecular formula is C15H21ClN2O. The largest absolute Gasteiger partial charge is 0.310 e. The van der Waals surface area contributed by atoms with Gasteiger partial charge in [-0.1, -0.05) is 24.6 Å². The zero-order valence-electron chi connectivity index (χ0n) is 11.6. The summed E-state index contributed by atoms with van der Waals surface area (Å²) in [6, 6.07) is 5.75. The highest BCUT2D eigenvalue weighted by Gasteiger charge is 2.30. The van der Waals surface area contributed by atoms with Gasteiger partial charge in [0.05, 0.1) is 16.8 Å². The van der Waals surface area contributed by atoms with Crippen molar-refractivity contribution in [2.75, 3.05) is 18.0 Å². The highest BCUT2D eigenvalue weighted by molar-refractivity contribution is 6.33. The van der Waals surface area contributed by atoms with Crippen molar-refractivity contribution < 1.29 is 4.79 Å². The summed E-state index contributed by atoms with van der Waals surface area (Å²) in [5, 5.41) is 3.97. The number of halogens is 1. The van der Waals surface area contributed by atoms with Crippen molar-refractivity contribution in [2.45, 2.75) is 39.2 Å². The van der Waals surface area contributed by atoms with Crippen LogP contribution in [0.4, 0.5) is 5.69 Å². The van der Waals surface area contributed by atoms with Gasteiger partial charge in [-0.15, -0.1) is 0 Å². The zero-order valence-corrected chi connectivity index (χ0v) is 12.3. The van der Waals surface area contributed by atoms with Gasteiger partial charge in [0, 0.05) is 6.54 Å². The number of carbonyl (C=O) groups excluding carboxylic acids is 1. The van der Waals surface area contributed by atoms with Crippen molar-refractivity contribution >= 4 is 23.2 Å². The molecule has 1 N–H and O–H groups in total. The monoisotopic (exact) mass is 280 g/mol. The minimum absolute atomic E-state index is 0.0646. The van der Waals surface area contributed by atoms with E-state index < -0.39 is 0 Å². The van der Waals surface area contributed by atoms with Gasteiger partial charge in [-0.25, -0.2) is 0 Å². The van der Waals surface area contributed by atoms with Crippen LogP contribution in [0.25, 0.3) is 0 Å². The number of anilines is 1. The summed E-state index contributed by atoms with van der Waals surface area (Å²) in [5.74, 6) is 0.146.